The Morgan fingerprint density at radius 2 is 1.68 bits per heavy atom. The van der Waals surface area contributed by atoms with Crippen molar-refractivity contribution in [3.63, 3.8) is 0 Å². The highest BCUT2D eigenvalue weighted by atomic mass is 35.5. The van der Waals surface area contributed by atoms with Gasteiger partial charge in [-0.2, -0.15) is 5.10 Å². The van der Waals surface area contributed by atoms with E-state index in [-0.39, 0.29) is 0 Å². The Morgan fingerprint density at radius 1 is 0.903 bits per heavy atom. The fraction of sp³-hybridized carbons (Fsp3) is 0.167. The molecule has 1 heterocycles. The fourth-order valence-corrected chi connectivity index (χ4v) is 3.66. The molecule has 7 heteroatoms. The minimum absolute atomic E-state index is 0.537. The first kappa shape index (κ1) is 20.8. The maximum atomic E-state index is 6.21. The molecule has 0 aliphatic heterocycles. The molecule has 0 bridgehead atoms. The second-order valence-corrected chi connectivity index (χ2v) is 7.57. The summed E-state index contributed by atoms with van der Waals surface area (Å²) in [6.07, 6.45) is 0. The summed E-state index contributed by atoms with van der Waals surface area (Å²) in [6.45, 7) is 2.49. The van der Waals surface area contributed by atoms with Crippen LogP contribution in [0.5, 0.6) is 11.5 Å². The maximum Gasteiger partial charge on any atom is 0.156 e. The zero-order chi connectivity index (χ0) is 22.0. The average molecular weight is 435 g/mol. The Labute approximate surface area is 186 Å². The van der Waals surface area contributed by atoms with Crippen LogP contribution in [0.25, 0.3) is 21.9 Å². The molecule has 4 rings (SSSR count). The molecule has 0 unspecified atom stereocenters. The molecule has 0 spiro atoms. The number of ether oxygens (including phenoxy) is 2. The summed E-state index contributed by atoms with van der Waals surface area (Å²) in [5.41, 5.74) is 10.3. The van der Waals surface area contributed by atoms with Gasteiger partial charge < -0.3 is 20.5 Å². The number of anilines is 2. The number of aryl methyl sites for hydroxylation is 1. The first-order valence-corrected chi connectivity index (χ1v) is 10.1. The summed E-state index contributed by atoms with van der Waals surface area (Å²) < 4.78 is 10.8. The molecular weight excluding hydrogens is 412 g/mol. The molecule has 4 aromatic rings. The summed E-state index contributed by atoms with van der Waals surface area (Å²) in [7, 11) is 3.28. The summed E-state index contributed by atoms with van der Waals surface area (Å²) in [5, 5.41) is 14.7. The van der Waals surface area contributed by atoms with Crippen molar-refractivity contribution in [3.8, 4) is 22.6 Å². The van der Waals surface area contributed by atoms with E-state index >= 15 is 0 Å². The third kappa shape index (κ3) is 4.20. The number of methoxy groups -OCH3 is 2. The first-order valence-electron chi connectivity index (χ1n) is 9.77. The summed E-state index contributed by atoms with van der Waals surface area (Å²) in [4.78, 5) is 0. The quantitative estimate of drug-likeness (QED) is 0.391. The van der Waals surface area contributed by atoms with Crippen LogP contribution in [0, 0.1) is 6.92 Å². The van der Waals surface area contributed by atoms with Gasteiger partial charge in [0, 0.05) is 28.9 Å². The smallest absolute Gasteiger partial charge is 0.156 e. The van der Waals surface area contributed by atoms with E-state index in [0.717, 1.165) is 44.7 Å². The van der Waals surface area contributed by atoms with Crippen LogP contribution < -0.4 is 20.5 Å². The number of hydrogen-bond donors (Lipinski definition) is 2. The standard InChI is InChI=1S/C24H23ClN4O2/c1-14-20-10-15(16-6-9-22(26)21(25)11-16)5-8-19(20)24(29-28-14)27-13-17-4-7-18(30-2)12-23(17)31-3/h4-12H,13,26H2,1-3H3,(H,27,29). The van der Waals surface area contributed by atoms with Crippen LogP contribution in [-0.2, 0) is 6.54 Å². The second kappa shape index (κ2) is 8.70. The largest absolute Gasteiger partial charge is 0.497 e. The molecule has 0 atom stereocenters. The number of nitrogen functional groups attached to an aromatic ring is 1. The van der Waals surface area contributed by atoms with Gasteiger partial charge >= 0.3 is 0 Å². The summed E-state index contributed by atoms with van der Waals surface area (Å²) in [5.74, 6) is 2.20. The first-order chi connectivity index (χ1) is 15.0. The molecule has 3 aromatic carbocycles. The molecule has 1 aromatic heterocycles. The maximum absolute atomic E-state index is 6.21. The Kier molecular flexibility index (Phi) is 5.82. The van der Waals surface area contributed by atoms with Crippen molar-refractivity contribution < 1.29 is 9.47 Å². The second-order valence-electron chi connectivity index (χ2n) is 7.16. The molecule has 6 nitrogen and oxygen atoms in total. The molecule has 0 radical (unpaired) electrons. The van der Waals surface area contributed by atoms with Gasteiger partial charge in [0.05, 0.1) is 30.6 Å². The molecule has 0 saturated heterocycles. The van der Waals surface area contributed by atoms with E-state index in [2.05, 4.69) is 21.6 Å². The minimum atomic E-state index is 0.537. The zero-order valence-corrected chi connectivity index (χ0v) is 18.3. The van der Waals surface area contributed by atoms with E-state index in [1.807, 2.05) is 55.5 Å². The van der Waals surface area contributed by atoms with Gasteiger partial charge in [0.2, 0.25) is 0 Å². The van der Waals surface area contributed by atoms with Crippen LogP contribution in [-0.4, -0.2) is 24.4 Å². The van der Waals surface area contributed by atoms with Crippen molar-refractivity contribution in [2.24, 2.45) is 0 Å². The number of nitrogens with zero attached hydrogens (tertiary/aromatic N) is 2. The van der Waals surface area contributed by atoms with Gasteiger partial charge in [-0.1, -0.05) is 23.7 Å². The fourth-order valence-electron chi connectivity index (χ4n) is 3.48. The molecule has 0 amide bonds. The Morgan fingerprint density at radius 3 is 2.42 bits per heavy atom. The number of benzene rings is 3. The third-order valence-electron chi connectivity index (χ3n) is 5.24. The monoisotopic (exact) mass is 434 g/mol. The van der Waals surface area contributed by atoms with Crippen molar-refractivity contribution in [2.75, 3.05) is 25.3 Å². The normalized spacial score (nSPS) is 10.8. The Hall–Kier alpha value is -3.51. The van der Waals surface area contributed by atoms with Crippen LogP contribution in [0.1, 0.15) is 11.3 Å². The van der Waals surface area contributed by atoms with E-state index in [0.29, 0.717) is 23.1 Å². The van der Waals surface area contributed by atoms with E-state index in [1.165, 1.54) is 0 Å². The van der Waals surface area contributed by atoms with Crippen molar-refractivity contribution in [1.29, 1.82) is 0 Å². The highest BCUT2D eigenvalue weighted by Crippen LogP contribution is 2.32. The van der Waals surface area contributed by atoms with E-state index < -0.39 is 0 Å². The van der Waals surface area contributed by atoms with Crippen LogP contribution in [0.2, 0.25) is 5.02 Å². The minimum Gasteiger partial charge on any atom is -0.497 e. The van der Waals surface area contributed by atoms with Gasteiger partial charge in [0.25, 0.3) is 0 Å². The van der Waals surface area contributed by atoms with Crippen LogP contribution in [0.15, 0.2) is 54.6 Å². The number of rotatable bonds is 6. The van der Waals surface area contributed by atoms with Crippen molar-refractivity contribution in [3.05, 3.63) is 70.9 Å². The number of halogens is 1. The third-order valence-corrected chi connectivity index (χ3v) is 5.57. The average Bonchev–Trinajstić information content (AvgIpc) is 2.80. The molecule has 0 aliphatic carbocycles. The number of nitrogens with two attached hydrogens (primary N) is 1. The lowest BCUT2D eigenvalue weighted by atomic mass is 10.0. The highest BCUT2D eigenvalue weighted by molar-refractivity contribution is 6.33. The Bertz CT molecular complexity index is 1260. The molecular formula is C24H23ClN4O2. The summed E-state index contributed by atoms with van der Waals surface area (Å²) >= 11 is 6.21. The van der Waals surface area contributed by atoms with Gasteiger partial charge in [-0.05, 0) is 54.4 Å². The van der Waals surface area contributed by atoms with Gasteiger partial charge in [0.1, 0.15) is 11.5 Å². The van der Waals surface area contributed by atoms with Crippen LogP contribution >= 0.6 is 11.6 Å². The number of hydrogen-bond acceptors (Lipinski definition) is 6. The molecule has 0 aliphatic rings. The molecule has 0 fully saturated rings. The van der Waals surface area contributed by atoms with Crippen molar-refractivity contribution >= 4 is 33.9 Å². The zero-order valence-electron chi connectivity index (χ0n) is 17.6. The molecule has 158 valence electrons. The Balaban J connectivity index is 1.66. The van der Waals surface area contributed by atoms with Crippen LogP contribution in [0.3, 0.4) is 0 Å². The molecule has 31 heavy (non-hydrogen) atoms. The van der Waals surface area contributed by atoms with E-state index in [1.54, 1.807) is 14.2 Å². The van der Waals surface area contributed by atoms with E-state index in [9.17, 15) is 0 Å². The molecule has 0 saturated carbocycles. The number of fused-ring (bicyclic) bond motifs is 1. The number of nitrogens with one attached hydrogen (secondary N) is 1. The van der Waals surface area contributed by atoms with Gasteiger partial charge in [0.15, 0.2) is 5.82 Å². The van der Waals surface area contributed by atoms with Crippen molar-refractivity contribution in [2.45, 2.75) is 13.5 Å². The SMILES string of the molecule is COc1ccc(CNc2nnc(C)c3cc(-c4ccc(N)c(Cl)c4)ccc23)c(OC)c1. The highest BCUT2D eigenvalue weighted by Gasteiger charge is 2.11. The van der Waals surface area contributed by atoms with E-state index in [4.69, 9.17) is 26.8 Å². The lowest BCUT2D eigenvalue weighted by Gasteiger charge is -2.14. The molecule has 3 N–H and O–H groups in total. The van der Waals surface area contributed by atoms with Gasteiger partial charge in [-0.25, -0.2) is 0 Å². The van der Waals surface area contributed by atoms with Crippen molar-refractivity contribution in [1.82, 2.24) is 10.2 Å². The predicted molar refractivity (Wildman–Crippen MR) is 126 cm³/mol. The summed E-state index contributed by atoms with van der Waals surface area (Å²) in [6, 6.07) is 17.6. The number of aromatic nitrogens is 2. The lowest BCUT2D eigenvalue weighted by molar-refractivity contribution is 0.391. The topological polar surface area (TPSA) is 82.3 Å². The van der Waals surface area contributed by atoms with Gasteiger partial charge in [-0.3, -0.25) is 0 Å². The van der Waals surface area contributed by atoms with Gasteiger partial charge in [-0.15, -0.1) is 5.10 Å². The predicted octanol–water partition coefficient (Wildman–Crippen LogP) is 5.47. The van der Waals surface area contributed by atoms with Crippen LogP contribution in [0.4, 0.5) is 11.5 Å². The lowest BCUT2D eigenvalue weighted by Crippen LogP contribution is -2.05.